The Bertz CT molecular complexity index is 578. The van der Waals surface area contributed by atoms with Crippen molar-refractivity contribution in [3.63, 3.8) is 0 Å². The maximum Gasteiger partial charge on any atom is 0.417 e. The van der Waals surface area contributed by atoms with Gasteiger partial charge in [-0.2, -0.15) is 13.2 Å². The lowest BCUT2D eigenvalue weighted by molar-refractivity contribution is -0.136. The van der Waals surface area contributed by atoms with Crippen molar-refractivity contribution in [2.75, 3.05) is 12.8 Å². The summed E-state index contributed by atoms with van der Waals surface area (Å²) >= 11 is 0. The maximum atomic E-state index is 12.8. The molecule has 0 radical (unpaired) electrons. The molecule has 0 aromatic heterocycles. The summed E-state index contributed by atoms with van der Waals surface area (Å²) in [5.41, 5.74) is 6.17. The fourth-order valence-corrected chi connectivity index (χ4v) is 1.92. The molecule has 0 fully saturated rings. The molecule has 2 aromatic rings. The fourth-order valence-electron chi connectivity index (χ4n) is 1.92. The second-order valence-corrected chi connectivity index (χ2v) is 4.01. The summed E-state index contributed by atoms with van der Waals surface area (Å²) in [6, 6.07) is 6.96. The van der Waals surface area contributed by atoms with Crippen molar-refractivity contribution in [2.24, 2.45) is 0 Å². The Morgan fingerprint density at radius 1 is 1.11 bits per heavy atom. The molecule has 0 spiro atoms. The van der Waals surface area contributed by atoms with Gasteiger partial charge >= 0.3 is 6.18 Å². The monoisotopic (exact) mass is 255 g/mol. The number of hydrogen-bond donors (Lipinski definition) is 1. The van der Waals surface area contributed by atoms with E-state index in [9.17, 15) is 13.2 Å². The minimum atomic E-state index is -4.38. The van der Waals surface area contributed by atoms with Gasteiger partial charge in [0, 0.05) is 18.2 Å². The minimum absolute atomic E-state index is 0.113. The number of fused-ring (bicyclic) bond motifs is 1. The van der Waals surface area contributed by atoms with Gasteiger partial charge in [0.1, 0.15) is 0 Å². The van der Waals surface area contributed by atoms with Gasteiger partial charge in [0.25, 0.3) is 0 Å². The van der Waals surface area contributed by atoms with Crippen LogP contribution < -0.4 is 5.73 Å². The molecule has 2 nitrogen and oxygen atoms in total. The number of methoxy groups -OCH3 is 1. The largest absolute Gasteiger partial charge is 0.417 e. The number of hydrogen-bond acceptors (Lipinski definition) is 2. The van der Waals surface area contributed by atoms with Gasteiger partial charge in [0.2, 0.25) is 0 Å². The molecule has 0 atom stereocenters. The Morgan fingerprint density at radius 2 is 1.83 bits per heavy atom. The molecule has 0 saturated carbocycles. The lowest BCUT2D eigenvalue weighted by Crippen LogP contribution is -2.06. The van der Waals surface area contributed by atoms with Crippen LogP contribution >= 0.6 is 0 Å². The first-order valence-electron chi connectivity index (χ1n) is 5.30. The van der Waals surface area contributed by atoms with E-state index in [-0.39, 0.29) is 5.39 Å². The standard InChI is InChI=1S/C13H12F3NO/c1-18-7-8-2-3-9-10(6-8)12(17)5-4-11(9)13(14,15)16/h2-6H,7,17H2,1H3. The van der Waals surface area contributed by atoms with Crippen LogP contribution in [0.4, 0.5) is 18.9 Å². The first-order chi connectivity index (χ1) is 8.43. The average Bonchev–Trinajstić information content (AvgIpc) is 2.29. The van der Waals surface area contributed by atoms with Crippen molar-refractivity contribution in [1.82, 2.24) is 0 Å². The molecule has 2 rings (SSSR count). The molecule has 0 bridgehead atoms. The number of rotatable bonds is 2. The normalized spacial score (nSPS) is 12.0. The Kier molecular flexibility index (Phi) is 3.17. The number of halogens is 3. The van der Waals surface area contributed by atoms with E-state index in [1.54, 1.807) is 12.1 Å². The maximum absolute atomic E-state index is 12.8. The number of ether oxygens (including phenoxy) is 1. The van der Waals surface area contributed by atoms with Crippen molar-refractivity contribution < 1.29 is 17.9 Å². The summed E-state index contributed by atoms with van der Waals surface area (Å²) in [5.74, 6) is 0. The fraction of sp³-hybridized carbons (Fsp3) is 0.231. The molecule has 0 aliphatic rings. The van der Waals surface area contributed by atoms with E-state index in [1.807, 2.05) is 0 Å². The molecule has 0 heterocycles. The van der Waals surface area contributed by atoms with Crippen LogP contribution in [0.3, 0.4) is 0 Å². The van der Waals surface area contributed by atoms with Crippen molar-refractivity contribution in [2.45, 2.75) is 12.8 Å². The van der Waals surface area contributed by atoms with E-state index in [0.29, 0.717) is 17.7 Å². The van der Waals surface area contributed by atoms with Gasteiger partial charge in [-0.05, 0) is 29.1 Å². The third-order valence-corrected chi connectivity index (χ3v) is 2.73. The molecule has 2 aromatic carbocycles. The van der Waals surface area contributed by atoms with Crippen LogP contribution in [0.1, 0.15) is 11.1 Å². The predicted octanol–water partition coefficient (Wildman–Crippen LogP) is 3.59. The van der Waals surface area contributed by atoms with Gasteiger partial charge < -0.3 is 10.5 Å². The lowest BCUT2D eigenvalue weighted by atomic mass is 10.0. The molecular formula is C13H12F3NO. The average molecular weight is 255 g/mol. The second kappa shape index (κ2) is 4.49. The van der Waals surface area contributed by atoms with Gasteiger partial charge in [0.05, 0.1) is 12.2 Å². The van der Waals surface area contributed by atoms with Crippen molar-refractivity contribution in [3.8, 4) is 0 Å². The van der Waals surface area contributed by atoms with E-state index in [4.69, 9.17) is 10.5 Å². The van der Waals surface area contributed by atoms with Gasteiger partial charge in [0.15, 0.2) is 0 Å². The zero-order valence-electron chi connectivity index (χ0n) is 9.71. The van der Waals surface area contributed by atoms with Gasteiger partial charge in [-0.15, -0.1) is 0 Å². The first kappa shape index (κ1) is 12.7. The molecule has 0 saturated heterocycles. The molecular weight excluding hydrogens is 243 g/mol. The summed E-state index contributed by atoms with van der Waals surface area (Å²) in [6.07, 6.45) is -4.38. The van der Waals surface area contributed by atoms with E-state index in [2.05, 4.69) is 0 Å². The SMILES string of the molecule is COCc1ccc2c(C(F)(F)F)ccc(N)c2c1. The van der Waals surface area contributed by atoms with E-state index in [1.165, 1.54) is 19.2 Å². The Hall–Kier alpha value is -1.75. The topological polar surface area (TPSA) is 35.2 Å². The molecule has 2 N–H and O–H groups in total. The lowest BCUT2D eigenvalue weighted by Gasteiger charge is -2.13. The Balaban J connectivity index is 2.68. The number of anilines is 1. The molecule has 96 valence electrons. The van der Waals surface area contributed by atoms with Crippen LogP contribution in [0, 0.1) is 0 Å². The van der Waals surface area contributed by atoms with Crippen molar-refractivity contribution in [3.05, 3.63) is 41.5 Å². The predicted molar refractivity (Wildman–Crippen MR) is 64.1 cm³/mol. The van der Waals surface area contributed by atoms with Crippen LogP contribution in [0.5, 0.6) is 0 Å². The highest BCUT2D eigenvalue weighted by Crippen LogP contribution is 2.37. The molecule has 0 aliphatic heterocycles. The Morgan fingerprint density at radius 3 is 2.44 bits per heavy atom. The molecule has 18 heavy (non-hydrogen) atoms. The number of nitrogen functional groups attached to an aromatic ring is 1. The van der Waals surface area contributed by atoms with Crippen molar-refractivity contribution >= 4 is 16.5 Å². The van der Waals surface area contributed by atoms with E-state index >= 15 is 0 Å². The first-order valence-corrected chi connectivity index (χ1v) is 5.30. The summed E-state index contributed by atoms with van der Waals surface area (Å²) < 4.78 is 43.4. The zero-order valence-corrected chi connectivity index (χ0v) is 9.71. The van der Waals surface area contributed by atoms with Crippen LogP contribution in [-0.2, 0) is 17.5 Å². The van der Waals surface area contributed by atoms with Crippen LogP contribution in [0.25, 0.3) is 10.8 Å². The zero-order chi connectivity index (χ0) is 13.3. The van der Waals surface area contributed by atoms with Crippen LogP contribution in [0.2, 0.25) is 0 Å². The summed E-state index contributed by atoms with van der Waals surface area (Å²) in [6.45, 7) is 0.339. The number of alkyl halides is 3. The van der Waals surface area contributed by atoms with Gasteiger partial charge in [-0.3, -0.25) is 0 Å². The number of nitrogens with two attached hydrogens (primary N) is 1. The number of benzene rings is 2. The van der Waals surface area contributed by atoms with Gasteiger partial charge in [-0.25, -0.2) is 0 Å². The smallest absolute Gasteiger partial charge is 0.398 e. The summed E-state index contributed by atoms with van der Waals surface area (Å²) in [5, 5.41) is 0.515. The Labute approximate surface area is 102 Å². The van der Waals surface area contributed by atoms with Gasteiger partial charge in [-0.1, -0.05) is 12.1 Å². The third kappa shape index (κ3) is 2.26. The molecule has 0 amide bonds. The molecule has 0 aliphatic carbocycles. The minimum Gasteiger partial charge on any atom is -0.398 e. The summed E-state index contributed by atoms with van der Waals surface area (Å²) in [7, 11) is 1.53. The highest BCUT2D eigenvalue weighted by Gasteiger charge is 2.32. The second-order valence-electron chi connectivity index (χ2n) is 4.01. The molecule has 5 heteroatoms. The molecule has 0 unspecified atom stereocenters. The van der Waals surface area contributed by atoms with Crippen LogP contribution in [-0.4, -0.2) is 7.11 Å². The highest BCUT2D eigenvalue weighted by molar-refractivity contribution is 5.95. The van der Waals surface area contributed by atoms with E-state index < -0.39 is 11.7 Å². The summed E-state index contributed by atoms with van der Waals surface area (Å²) in [4.78, 5) is 0. The quantitative estimate of drug-likeness (QED) is 0.832. The van der Waals surface area contributed by atoms with Crippen molar-refractivity contribution in [1.29, 1.82) is 0 Å². The van der Waals surface area contributed by atoms with Crippen LogP contribution in [0.15, 0.2) is 30.3 Å². The third-order valence-electron chi connectivity index (χ3n) is 2.73. The highest BCUT2D eigenvalue weighted by atomic mass is 19.4. The van der Waals surface area contributed by atoms with E-state index in [0.717, 1.165) is 11.6 Å².